The number of nitrogens with zero attached hydrogens (tertiary/aromatic N) is 5. The van der Waals surface area contributed by atoms with E-state index in [1.807, 2.05) is 4.90 Å². The monoisotopic (exact) mass is 574 g/mol. The molecule has 0 amide bonds. The summed E-state index contributed by atoms with van der Waals surface area (Å²) in [6, 6.07) is 2.93. The Hall–Kier alpha value is -3.48. The highest BCUT2D eigenvalue weighted by Crippen LogP contribution is 2.41. The number of anilines is 1. The third kappa shape index (κ3) is 5.49. The van der Waals surface area contributed by atoms with Gasteiger partial charge in [-0.1, -0.05) is 17.7 Å². The molecule has 5 rings (SSSR count). The van der Waals surface area contributed by atoms with Crippen molar-refractivity contribution >= 4 is 40.7 Å². The van der Waals surface area contributed by atoms with Gasteiger partial charge in [-0.15, -0.1) is 11.3 Å². The SMILES string of the molecule is CCOC(=O)C1=C(C2CCN(c3nccc(CO)n3)CC2)NC(c2nccs2)=NC1c1ccc(F)c(F)c1Cl. The van der Waals surface area contributed by atoms with E-state index in [4.69, 9.17) is 21.3 Å². The van der Waals surface area contributed by atoms with Crippen molar-refractivity contribution in [2.75, 3.05) is 24.6 Å². The Bertz CT molecular complexity index is 1430. The molecule has 2 aromatic heterocycles. The Balaban J connectivity index is 1.55. The van der Waals surface area contributed by atoms with Gasteiger partial charge >= 0.3 is 5.97 Å². The maximum absolute atomic E-state index is 14.6. The van der Waals surface area contributed by atoms with Gasteiger partial charge < -0.3 is 20.1 Å². The molecule has 2 aliphatic rings. The van der Waals surface area contributed by atoms with Crippen LogP contribution < -0.4 is 10.2 Å². The van der Waals surface area contributed by atoms with Gasteiger partial charge in [0.25, 0.3) is 0 Å². The molecule has 1 atom stereocenters. The van der Waals surface area contributed by atoms with Crippen molar-refractivity contribution in [2.24, 2.45) is 10.9 Å². The van der Waals surface area contributed by atoms with Crippen molar-refractivity contribution in [2.45, 2.75) is 32.4 Å². The van der Waals surface area contributed by atoms with Crippen LogP contribution in [0.4, 0.5) is 14.7 Å². The fraction of sp³-hybridized carbons (Fsp3) is 0.346. The molecule has 1 fully saturated rings. The molecular formula is C26H25ClF2N6O3S. The molecule has 0 radical (unpaired) electrons. The molecule has 0 saturated carbocycles. The number of rotatable bonds is 7. The van der Waals surface area contributed by atoms with Crippen molar-refractivity contribution in [1.82, 2.24) is 20.3 Å². The van der Waals surface area contributed by atoms with Gasteiger partial charge in [-0.3, -0.25) is 4.99 Å². The summed E-state index contributed by atoms with van der Waals surface area (Å²) >= 11 is 7.62. The second-order valence-electron chi connectivity index (χ2n) is 8.92. The number of carbonyl (C=O) groups excluding carboxylic acids is 1. The normalized spacial score (nSPS) is 18.1. The number of allylic oxidation sites excluding steroid dienone is 1. The van der Waals surface area contributed by atoms with Crippen LogP contribution in [0.1, 0.15) is 42.1 Å². The molecule has 9 nitrogen and oxygen atoms in total. The molecule has 204 valence electrons. The number of aliphatic hydroxyl groups excluding tert-OH is 1. The first-order chi connectivity index (χ1) is 18.9. The number of esters is 1. The Morgan fingerprint density at radius 2 is 2.03 bits per heavy atom. The zero-order valence-electron chi connectivity index (χ0n) is 20.9. The Labute approximate surface area is 232 Å². The number of amidine groups is 1. The quantitative estimate of drug-likeness (QED) is 0.319. The summed E-state index contributed by atoms with van der Waals surface area (Å²) in [5, 5.41) is 14.7. The van der Waals surface area contributed by atoms with Crippen LogP contribution in [0, 0.1) is 17.6 Å². The highest BCUT2D eigenvalue weighted by Gasteiger charge is 2.38. The predicted octanol–water partition coefficient (Wildman–Crippen LogP) is 4.18. The molecule has 2 aliphatic heterocycles. The molecular weight excluding hydrogens is 550 g/mol. The maximum atomic E-state index is 14.6. The Morgan fingerprint density at radius 1 is 1.23 bits per heavy atom. The second-order valence-corrected chi connectivity index (χ2v) is 10.2. The minimum absolute atomic E-state index is 0.119. The first-order valence-corrected chi connectivity index (χ1v) is 13.6. The Morgan fingerprint density at radius 3 is 2.72 bits per heavy atom. The predicted molar refractivity (Wildman–Crippen MR) is 142 cm³/mol. The number of aliphatic hydroxyl groups is 1. The van der Waals surface area contributed by atoms with Crippen molar-refractivity contribution in [1.29, 1.82) is 0 Å². The first-order valence-electron chi connectivity index (χ1n) is 12.4. The van der Waals surface area contributed by atoms with Gasteiger partial charge in [-0.2, -0.15) is 0 Å². The van der Waals surface area contributed by atoms with E-state index in [9.17, 15) is 18.7 Å². The molecule has 13 heteroatoms. The van der Waals surface area contributed by atoms with Crippen molar-refractivity contribution in [3.8, 4) is 0 Å². The number of halogens is 3. The number of piperidine rings is 1. The van der Waals surface area contributed by atoms with E-state index in [2.05, 4.69) is 20.3 Å². The van der Waals surface area contributed by atoms with Crippen LogP contribution in [-0.2, 0) is 16.1 Å². The molecule has 1 unspecified atom stereocenters. The number of thiazole rings is 1. The number of nitrogens with one attached hydrogen (secondary N) is 1. The minimum atomic E-state index is -1.21. The summed E-state index contributed by atoms with van der Waals surface area (Å²) in [5.74, 6) is -2.12. The van der Waals surface area contributed by atoms with Gasteiger partial charge in [0, 0.05) is 48.0 Å². The van der Waals surface area contributed by atoms with Gasteiger partial charge in [0.1, 0.15) is 6.04 Å². The summed E-state index contributed by atoms with van der Waals surface area (Å²) in [4.78, 5) is 33.2. The molecule has 2 N–H and O–H groups in total. The number of ether oxygens (including phenoxy) is 1. The number of benzene rings is 1. The van der Waals surface area contributed by atoms with Gasteiger partial charge in [-0.25, -0.2) is 28.5 Å². The number of hydrogen-bond donors (Lipinski definition) is 2. The number of aliphatic imine (C=N–C) groups is 1. The lowest BCUT2D eigenvalue weighted by molar-refractivity contribution is -0.139. The molecule has 4 heterocycles. The van der Waals surface area contributed by atoms with Crippen molar-refractivity contribution in [3.63, 3.8) is 0 Å². The van der Waals surface area contributed by atoms with Crippen molar-refractivity contribution < 1.29 is 23.4 Å². The molecule has 0 bridgehead atoms. The smallest absolute Gasteiger partial charge is 0.338 e. The van der Waals surface area contributed by atoms with E-state index >= 15 is 0 Å². The molecule has 1 saturated heterocycles. The summed E-state index contributed by atoms with van der Waals surface area (Å²) in [6.07, 6.45) is 4.49. The largest absolute Gasteiger partial charge is 0.463 e. The van der Waals surface area contributed by atoms with E-state index in [0.717, 1.165) is 6.07 Å². The fourth-order valence-corrected chi connectivity index (χ4v) is 5.58. The van der Waals surface area contributed by atoms with Crippen LogP contribution in [0.5, 0.6) is 0 Å². The van der Waals surface area contributed by atoms with Gasteiger partial charge in [0.15, 0.2) is 22.5 Å². The summed E-state index contributed by atoms with van der Waals surface area (Å²) in [5.41, 5.74) is 1.46. The first kappa shape index (κ1) is 27.1. The van der Waals surface area contributed by atoms with Crippen LogP contribution in [0.25, 0.3) is 0 Å². The summed E-state index contributed by atoms with van der Waals surface area (Å²) in [7, 11) is 0. The fourth-order valence-electron chi connectivity index (χ4n) is 4.74. The average molecular weight is 575 g/mol. The minimum Gasteiger partial charge on any atom is -0.463 e. The van der Waals surface area contributed by atoms with E-state index in [1.54, 1.807) is 30.8 Å². The average Bonchev–Trinajstić information content (AvgIpc) is 3.51. The van der Waals surface area contributed by atoms with Crippen LogP contribution in [-0.4, -0.2) is 51.6 Å². The van der Waals surface area contributed by atoms with Crippen LogP contribution in [0.15, 0.2) is 52.2 Å². The maximum Gasteiger partial charge on any atom is 0.338 e. The third-order valence-corrected chi connectivity index (χ3v) is 7.78. The van der Waals surface area contributed by atoms with Crippen LogP contribution in [0.2, 0.25) is 5.02 Å². The number of carbonyl (C=O) groups is 1. The van der Waals surface area contributed by atoms with E-state index < -0.39 is 28.7 Å². The van der Waals surface area contributed by atoms with Crippen molar-refractivity contribution in [3.05, 3.63) is 80.2 Å². The molecule has 0 spiro atoms. The molecule has 39 heavy (non-hydrogen) atoms. The zero-order valence-corrected chi connectivity index (χ0v) is 22.5. The third-order valence-electron chi connectivity index (χ3n) is 6.61. The van der Waals surface area contributed by atoms with Gasteiger partial charge in [0.2, 0.25) is 5.95 Å². The molecule has 0 aliphatic carbocycles. The van der Waals surface area contributed by atoms with Gasteiger partial charge in [-0.05, 0) is 31.9 Å². The van der Waals surface area contributed by atoms with E-state index in [0.29, 0.717) is 54.1 Å². The van der Waals surface area contributed by atoms with E-state index in [1.165, 1.54) is 17.4 Å². The standard InChI is InChI=1S/C26H25ClF2N6O3S/c1-2-38-25(37)18-21(14-6-10-35(11-7-14)26-31-8-5-15(13-36)32-26)33-23(24-30-9-12-39-24)34-22(18)16-3-4-17(28)20(29)19(16)27/h3-5,8-9,12,14,22,36H,2,6-7,10-11,13H2,1H3,(H,33,34). The molecule has 1 aromatic carbocycles. The zero-order chi connectivity index (χ0) is 27.5. The van der Waals surface area contributed by atoms with Crippen LogP contribution >= 0.6 is 22.9 Å². The lowest BCUT2D eigenvalue weighted by atomic mass is 9.85. The van der Waals surface area contributed by atoms with E-state index in [-0.39, 0.29) is 30.3 Å². The topological polar surface area (TPSA) is 113 Å². The number of aromatic nitrogens is 3. The highest BCUT2D eigenvalue weighted by atomic mass is 35.5. The summed E-state index contributed by atoms with van der Waals surface area (Å²) < 4.78 is 33.9. The summed E-state index contributed by atoms with van der Waals surface area (Å²) in [6.45, 7) is 2.80. The highest BCUT2D eigenvalue weighted by molar-refractivity contribution is 7.11. The lowest BCUT2D eigenvalue weighted by Gasteiger charge is -2.36. The van der Waals surface area contributed by atoms with Gasteiger partial charge in [0.05, 0.1) is 29.5 Å². The van der Waals surface area contributed by atoms with Crippen LogP contribution in [0.3, 0.4) is 0 Å². The molecule has 3 aromatic rings. The lowest BCUT2D eigenvalue weighted by Crippen LogP contribution is -2.42. The number of hydrogen-bond acceptors (Lipinski definition) is 10. The Kier molecular flexibility index (Phi) is 8.15. The second kappa shape index (κ2) is 11.7.